The van der Waals surface area contributed by atoms with Crippen molar-refractivity contribution in [3.8, 4) is 11.5 Å². The number of hydrogen-bond acceptors (Lipinski definition) is 3. The minimum atomic E-state index is -0.363. The number of urea groups is 1. The lowest BCUT2D eigenvalue weighted by atomic mass is 10.2. The molecule has 1 aliphatic rings. The summed E-state index contributed by atoms with van der Waals surface area (Å²) >= 11 is 0. The van der Waals surface area contributed by atoms with Gasteiger partial charge in [-0.3, -0.25) is 9.69 Å². The molecule has 0 aliphatic carbocycles. The molecule has 30 heavy (non-hydrogen) atoms. The second kappa shape index (κ2) is 8.65. The van der Waals surface area contributed by atoms with Crippen LogP contribution in [0.1, 0.15) is 0 Å². The summed E-state index contributed by atoms with van der Waals surface area (Å²) in [6.45, 7) is 0.757. The molecule has 1 saturated heterocycles. The van der Waals surface area contributed by atoms with E-state index >= 15 is 0 Å². The Morgan fingerprint density at radius 3 is 2.40 bits per heavy atom. The van der Waals surface area contributed by atoms with Crippen LogP contribution in [0.25, 0.3) is 0 Å². The van der Waals surface area contributed by atoms with Crippen molar-refractivity contribution in [2.75, 3.05) is 29.9 Å². The first kappa shape index (κ1) is 19.4. The molecule has 1 heterocycles. The first-order valence-corrected chi connectivity index (χ1v) is 9.54. The summed E-state index contributed by atoms with van der Waals surface area (Å²) in [7, 11) is 0. The lowest BCUT2D eigenvalue weighted by molar-refractivity contribution is -0.116. The highest BCUT2D eigenvalue weighted by Crippen LogP contribution is 2.29. The summed E-state index contributed by atoms with van der Waals surface area (Å²) in [5.74, 6) is 0.480. The van der Waals surface area contributed by atoms with Gasteiger partial charge in [-0.2, -0.15) is 0 Å². The third kappa shape index (κ3) is 4.41. The third-order valence-corrected chi connectivity index (χ3v) is 4.70. The zero-order valence-electron chi connectivity index (χ0n) is 16.1. The Bertz CT molecular complexity index is 1040. The fourth-order valence-corrected chi connectivity index (χ4v) is 3.23. The van der Waals surface area contributed by atoms with E-state index in [1.807, 2.05) is 36.4 Å². The molecule has 0 aromatic heterocycles. The van der Waals surface area contributed by atoms with Gasteiger partial charge in [-0.25, -0.2) is 9.18 Å². The van der Waals surface area contributed by atoms with Crippen LogP contribution < -0.4 is 15.0 Å². The molecule has 1 N–H and O–H groups in total. The van der Waals surface area contributed by atoms with Crippen molar-refractivity contribution in [3.63, 3.8) is 0 Å². The summed E-state index contributed by atoms with van der Waals surface area (Å²) in [6.07, 6.45) is 0. The van der Waals surface area contributed by atoms with Crippen molar-refractivity contribution < 1.29 is 18.7 Å². The Morgan fingerprint density at radius 1 is 0.933 bits per heavy atom. The molecular formula is C23H20FN3O3. The molecule has 0 spiro atoms. The molecule has 3 aromatic carbocycles. The lowest BCUT2D eigenvalue weighted by Gasteiger charge is -2.19. The average Bonchev–Trinajstić information content (AvgIpc) is 3.11. The van der Waals surface area contributed by atoms with E-state index < -0.39 is 0 Å². The largest absolute Gasteiger partial charge is 0.455 e. The summed E-state index contributed by atoms with van der Waals surface area (Å²) in [6, 6.07) is 21.8. The van der Waals surface area contributed by atoms with Gasteiger partial charge >= 0.3 is 6.03 Å². The van der Waals surface area contributed by atoms with Gasteiger partial charge in [0, 0.05) is 18.8 Å². The normalized spacial score (nSPS) is 13.4. The minimum Gasteiger partial charge on any atom is -0.455 e. The Hall–Kier alpha value is -3.87. The smallest absolute Gasteiger partial charge is 0.325 e. The summed E-state index contributed by atoms with van der Waals surface area (Å²) in [4.78, 5) is 28.2. The molecule has 0 radical (unpaired) electrons. The molecule has 0 bridgehead atoms. The fourth-order valence-electron chi connectivity index (χ4n) is 3.23. The summed E-state index contributed by atoms with van der Waals surface area (Å²) < 4.78 is 19.0. The summed E-state index contributed by atoms with van der Waals surface area (Å²) in [5.41, 5.74) is 1.12. The monoisotopic (exact) mass is 405 g/mol. The number of ether oxygens (including phenoxy) is 1. The predicted octanol–water partition coefficient (Wildman–Crippen LogP) is 4.50. The molecule has 6 nitrogen and oxygen atoms in total. The van der Waals surface area contributed by atoms with Crippen molar-refractivity contribution in [1.82, 2.24) is 4.90 Å². The van der Waals surface area contributed by atoms with E-state index in [9.17, 15) is 14.0 Å². The van der Waals surface area contributed by atoms with E-state index in [-0.39, 0.29) is 24.3 Å². The van der Waals surface area contributed by atoms with Gasteiger partial charge in [0.25, 0.3) is 0 Å². The molecule has 4 rings (SSSR count). The Balaban J connectivity index is 1.40. The third-order valence-electron chi connectivity index (χ3n) is 4.70. The molecule has 1 aliphatic heterocycles. The van der Waals surface area contributed by atoms with Crippen LogP contribution in [0.15, 0.2) is 78.9 Å². The van der Waals surface area contributed by atoms with E-state index in [4.69, 9.17) is 4.74 Å². The van der Waals surface area contributed by atoms with E-state index in [1.165, 1.54) is 21.9 Å². The average molecular weight is 405 g/mol. The molecule has 3 aromatic rings. The Labute approximate surface area is 173 Å². The minimum absolute atomic E-state index is 0.0871. The highest BCUT2D eigenvalue weighted by molar-refractivity contribution is 5.99. The number of rotatable bonds is 6. The first-order valence-electron chi connectivity index (χ1n) is 9.54. The van der Waals surface area contributed by atoms with Gasteiger partial charge in [0.15, 0.2) is 5.75 Å². The lowest BCUT2D eigenvalue weighted by Crippen LogP contribution is -2.37. The van der Waals surface area contributed by atoms with Crippen LogP contribution in [0.3, 0.4) is 0 Å². The van der Waals surface area contributed by atoms with Crippen LogP contribution in [-0.4, -0.2) is 36.5 Å². The van der Waals surface area contributed by atoms with Gasteiger partial charge in [0.2, 0.25) is 5.91 Å². The van der Waals surface area contributed by atoms with Gasteiger partial charge in [0.1, 0.15) is 18.1 Å². The predicted molar refractivity (Wildman–Crippen MR) is 112 cm³/mol. The number of nitrogens with zero attached hydrogens (tertiary/aromatic N) is 2. The summed E-state index contributed by atoms with van der Waals surface area (Å²) in [5, 5.41) is 2.81. The zero-order valence-corrected chi connectivity index (χ0v) is 16.1. The number of amides is 3. The quantitative estimate of drug-likeness (QED) is 0.657. The van der Waals surface area contributed by atoms with Crippen molar-refractivity contribution in [3.05, 3.63) is 84.7 Å². The zero-order chi connectivity index (χ0) is 20.9. The van der Waals surface area contributed by atoms with Crippen LogP contribution in [0.2, 0.25) is 0 Å². The van der Waals surface area contributed by atoms with Crippen LogP contribution >= 0.6 is 0 Å². The van der Waals surface area contributed by atoms with E-state index in [0.29, 0.717) is 36.0 Å². The van der Waals surface area contributed by atoms with Crippen LogP contribution in [0, 0.1) is 5.82 Å². The number of benzene rings is 3. The van der Waals surface area contributed by atoms with Crippen LogP contribution in [0.4, 0.5) is 20.6 Å². The number of para-hydroxylation sites is 3. The van der Waals surface area contributed by atoms with Crippen molar-refractivity contribution >= 4 is 23.3 Å². The van der Waals surface area contributed by atoms with Gasteiger partial charge in [-0.05, 0) is 48.5 Å². The molecule has 0 atom stereocenters. The van der Waals surface area contributed by atoms with Gasteiger partial charge < -0.3 is 15.0 Å². The maximum atomic E-state index is 13.1. The van der Waals surface area contributed by atoms with E-state index in [2.05, 4.69) is 5.32 Å². The SMILES string of the molecule is O=C(CN1CCN(c2ccc(F)cc2)C1=O)Nc1ccccc1Oc1ccccc1. The van der Waals surface area contributed by atoms with Crippen molar-refractivity contribution in [2.45, 2.75) is 0 Å². The number of nitrogens with one attached hydrogen (secondary N) is 1. The topological polar surface area (TPSA) is 61.9 Å². The number of carbonyl (C=O) groups excluding carboxylic acids is 2. The molecule has 3 amide bonds. The van der Waals surface area contributed by atoms with Crippen LogP contribution in [0.5, 0.6) is 11.5 Å². The van der Waals surface area contributed by atoms with E-state index in [1.54, 1.807) is 30.3 Å². The van der Waals surface area contributed by atoms with Gasteiger partial charge in [-0.15, -0.1) is 0 Å². The van der Waals surface area contributed by atoms with E-state index in [0.717, 1.165) is 0 Å². The number of hydrogen-bond donors (Lipinski definition) is 1. The maximum absolute atomic E-state index is 13.1. The van der Waals surface area contributed by atoms with Gasteiger partial charge in [-0.1, -0.05) is 30.3 Å². The van der Waals surface area contributed by atoms with Crippen molar-refractivity contribution in [1.29, 1.82) is 0 Å². The second-order valence-corrected chi connectivity index (χ2v) is 6.79. The molecular weight excluding hydrogens is 385 g/mol. The fraction of sp³-hybridized carbons (Fsp3) is 0.130. The highest BCUT2D eigenvalue weighted by Gasteiger charge is 2.31. The van der Waals surface area contributed by atoms with Crippen molar-refractivity contribution in [2.24, 2.45) is 0 Å². The Kier molecular flexibility index (Phi) is 5.61. The molecule has 152 valence electrons. The maximum Gasteiger partial charge on any atom is 0.325 e. The Morgan fingerprint density at radius 2 is 1.63 bits per heavy atom. The molecule has 0 unspecified atom stereocenters. The number of anilines is 2. The number of carbonyl (C=O) groups is 2. The standard InChI is InChI=1S/C23H20FN3O3/c24-17-10-12-18(13-11-17)27-15-14-26(23(27)29)16-22(28)25-20-8-4-5-9-21(20)30-19-6-2-1-3-7-19/h1-13H,14-16H2,(H,25,28). The first-order chi connectivity index (χ1) is 14.6. The van der Waals surface area contributed by atoms with Crippen LogP contribution in [-0.2, 0) is 4.79 Å². The van der Waals surface area contributed by atoms with Gasteiger partial charge in [0.05, 0.1) is 5.69 Å². The molecule has 0 saturated carbocycles. The highest BCUT2D eigenvalue weighted by atomic mass is 19.1. The number of halogens is 1. The second-order valence-electron chi connectivity index (χ2n) is 6.79. The molecule has 1 fully saturated rings. The molecule has 7 heteroatoms.